The van der Waals surface area contributed by atoms with Crippen LogP contribution in [0.1, 0.15) is 36.5 Å². The lowest BCUT2D eigenvalue weighted by Gasteiger charge is -2.38. The largest absolute Gasteiger partial charge is 0.339 e. The maximum absolute atomic E-state index is 13.2. The normalized spacial score (nSPS) is 19.9. The summed E-state index contributed by atoms with van der Waals surface area (Å²) in [5.41, 5.74) is 5.96. The average Bonchev–Trinajstić information content (AvgIpc) is 3.18. The van der Waals surface area contributed by atoms with Gasteiger partial charge in [-0.05, 0) is 48.1 Å². The summed E-state index contributed by atoms with van der Waals surface area (Å²) in [6, 6.07) is 16.2. The summed E-state index contributed by atoms with van der Waals surface area (Å²) in [6.07, 6.45) is 2.08. The van der Waals surface area contributed by atoms with Gasteiger partial charge in [-0.25, -0.2) is 0 Å². The molecule has 5 rings (SSSR count). The van der Waals surface area contributed by atoms with E-state index in [4.69, 9.17) is 0 Å². The second-order valence-electron chi connectivity index (χ2n) is 7.81. The first-order chi connectivity index (χ1) is 13.1. The van der Waals surface area contributed by atoms with Crippen LogP contribution >= 0.6 is 0 Å². The van der Waals surface area contributed by atoms with Crippen LogP contribution in [-0.2, 0) is 21.4 Å². The molecule has 1 aliphatic carbocycles. The zero-order valence-corrected chi connectivity index (χ0v) is 15.4. The number of para-hydroxylation sites is 1. The first-order valence-corrected chi connectivity index (χ1v) is 9.58. The maximum Gasteiger partial charge on any atom is 0.250 e. The van der Waals surface area contributed by atoms with Crippen LogP contribution in [-0.4, -0.2) is 29.8 Å². The second kappa shape index (κ2) is 5.81. The van der Waals surface area contributed by atoms with E-state index in [0.717, 1.165) is 22.4 Å². The highest BCUT2D eigenvalue weighted by atomic mass is 16.2. The molecule has 0 radical (unpaired) electrons. The number of hydrogen-bond donors (Lipinski definition) is 1. The number of carbonyl (C=O) groups excluding carboxylic acids is 2. The van der Waals surface area contributed by atoms with E-state index >= 15 is 0 Å². The third-order valence-electron chi connectivity index (χ3n) is 6.53. The van der Waals surface area contributed by atoms with Gasteiger partial charge in [-0.15, -0.1) is 0 Å². The molecule has 0 unspecified atom stereocenters. The van der Waals surface area contributed by atoms with Gasteiger partial charge in [0.15, 0.2) is 0 Å². The molecule has 27 heavy (non-hydrogen) atoms. The molecule has 4 heteroatoms. The first kappa shape index (κ1) is 16.3. The average molecular weight is 358 g/mol. The van der Waals surface area contributed by atoms with Crippen molar-refractivity contribution in [2.75, 3.05) is 18.4 Å². The quantitative estimate of drug-likeness (QED) is 0.848. The zero-order valence-electron chi connectivity index (χ0n) is 15.4. The number of allylic oxidation sites excluding steroid dienone is 1. The number of fused-ring (bicyclic) bond motifs is 3. The fourth-order valence-electron chi connectivity index (χ4n) is 4.91. The Morgan fingerprint density at radius 2 is 1.74 bits per heavy atom. The molecule has 0 saturated carbocycles. The van der Waals surface area contributed by atoms with Crippen LogP contribution in [0.4, 0.5) is 5.69 Å². The molecule has 0 aromatic heterocycles. The van der Waals surface area contributed by atoms with E-state index in [0.29, 0.717) is 32.4 Å². The third kappa shape index (κ3) is 2.29. The Bertz CT molecular complexity index is 997. The van der Waals surface area contributed by atoms with Gasteiger partial charge in [-0.1, -0.05) is 42.5 Å². The Hall–Kier alpha value is -2.88. The minimum Gasteiger partial charge on any atom is -0.339 e. The Morgan fingerprint density at radius 3 is 2.52 bits per heavy atom. The summed E-state index contributed by atoms with van der Waals surface area (Å²) in [7, 11) is 0. The molecule has 2 heterocycles. The second-order valence-corrected chi connectivity index (χ2v) is 7.81. The number of anilines is 1. The molecule has 2 aromatic carbocycles. The first-order valence-electron chi connectivity index (χ1n) is 9.58. The van der Waals surface area contributed by atoms with Crippen molar-refractivity contribution in [2.24, 2.45) is 0 Å². The van der Waals surface area contributed by atoms with Crippen molar-refractivity contribution < 1.29 is 9.59 Å². The van der Waals surface area contributed by atoms with E-state index in [1.165, 1.54) is 11.1 Å². The van der Waals surface area contributed by atoms with Crippen molar-refractivity contribution in [1.82, 2.24) is 4.90 Å². The van der Waals surface area contributed by atoms with Crippen molar-refractivity contribution in [3.63, 3.8) is 0 Å². The molecule has 1 N–H and O–H groups in total. The number of nitrogens with one attached hydrogen (secondary N) is 1. The summed E-state index contributed by atoms with van der Waals surface area (Å²) >= 11 is 0. The number of piperidine rings is 1. The van der Waals surface area contributed by atoms with Gasteiger partial charge in [0, 0.05) is 30.8 Å². The van der Waals surface area contributed by atoms with Gasteiger partial charge in [0.2, 0.25) is 11.8 Å². The maximum atomic E-state index is 13.2. The standard InChI is InChI=1S/C23H22N2O2/c1-15-17-7-3-2-6-16(17)14-18(15)21(26)25-12-10-23(11-13-25)19-8-4-5-9-20(19)24-22(23)27/h2-9H,10-14H2,1H3,(H,24,27). The number of likely N-dealkylation sites (tertiary alicyclic amines) is 1. The van der Waals surface area contributed by atoms with Crippen molar-refractivity contribution in [3.8, 4) is 0 Å². The SMILES string of the molecule is CC1=C(C(=O)N2CCC3(CC2)C(=O)Nc2ccccc23)Cc2ccccc21. The van der Waals surface area contributed by atoms with E-state index in [2.05, 4.69) is 17.4 Å². The summed E-state index contributed by atoms with van der Waals surface area (Å²) in [4.78, 5) is 27.8. The minimum atomic E-state index is -0.477. The lowest BCUT2D eigenvalue weighted by molar-refractivity contribution is -0.131. The third-order valence-corrected chi connectivity index (χ3v) is 6.53. The molecule has 4 nitrogen and oxygen atoms in total. The number of hydrogen-bond acceptors (Lipinski definition) is 2. The van der Waals surface area contributed by atoms with E-state index in [1.54, 1.807) is 0 Å². The van der Waals surface area contributed by atoms with Crippen LogP contribution in [0.25, 0.3) is 5.57 Å². The summed E-state index contributed by atoms with van der Waals surface area (Å²) in [6.45, 7) is 3.28. The molecule has 1 fully saturated rings. The Balaban J connectivity index is 1.37. The van der Waals surface area contributed by atoms with Crippen LogP contribution in [0.5, 0.6) is 0 Å². The topological polar surface area (TPSA) is 49.4 Å². The fourth-order valence-corrected chi connectivity index (χ4v) is 4.91. The molecular formula is C23H22N2O2. The van der Waals surface area contributed by atoms with Crippen LogP contribution in [0, 0.1) is 0 Å². The van der Waals surface area contributed by atoms with Gasteiger partial charge < -0.3 is 10.2 Å². The lowest BCUT2D eigenvalue weighted by atomic mass is 9.73. The Kier molecular flexibility index (Phi) is 3.51. The van der Waals surface area contributed by atoms with E-state index in [9.17, 15) is 9.59 Å². The highest BCUT2D eigenvalue weighted by molar-refractivity contribution is 6.07. The van der Waals surface area contributed by atoms with Crippen molar-refractivity contribution in [3.05, 3.63) is 70.8 Å². The molecule has 2 aromatic rings. The van der Waals surface area contributed by atoms with Gasteiger partial charge in [0.1, 0.15) is 0 Å². The molecule has 0 atom stereocenters. The van der Waals surface area contributed by atoms with Crippen LogP contribution < -0.4 is 5.32 Å². The summed E-state index contributed by atoms with van der Waals surface area (Å²) in [5, 5.41) is 3.02. The fraction of sp³-hybridized carbons (Fsp3) is 0.304. The van der Waals surface area contributed by atoms with Gasteiger partial charge in [0.05, 0.1) is 5.41 Å². The van der Waals surface area contributed by atoms with Crippen LogP contribution in [0.3, 0.4) is 0 Å². The van der Waals surface area contributed by atoms with E-state index in [1.807, 2.05) is 48.2 Å². The molecule has 1 spiro atoms. The van der Waals surface area contributed by atoms with Crippen LogP contribution in [0.15, 0.2) is 54.1 Å². The van der Waals surface area contributed by atoms with E-state index in [-0.39, 0.29) is 11.8 Å². The molecule has 2 amide bonds. The predicted octanol–water partition coefficient (Wildman–Crippen LogP) is 3.53. The van der Waals surface area contributed by atoms with Crippen molar-refractivity contribution in [1.29, 1.82) is 0 Å². The predicted molar refractivity (Wildman–Crippen MR) is 105 cm³/mol. The number of carbonyl (C=O) groups is 2. The highest BCUT2D eigenvalue weighted by Gasteiger charge is 2.49. The van der Waals surface area contributed by atoms with Gasteiger partial charge in [-0.2, -0.15) is 0 Å². The molecular weight excluding hydrogens is 336 g/mol. The van der Waals surface area contributed by atoms with Crippen molar-refractivity contribution in [2.45, 2.75) is 31.6 Å². The molecule has 1 saturated heterocycles. The number of amides is 2. The van der Waals surface area contributed by atoms with Gasteiger partial charge in [-0.3, -0.25) is 9.59 Å². The Morgan fingerprint density at radius 1 is 1.04 bits per heavy atom. The zero-order chi connectivity index (χ0) is 18.6. The highest BCUT2D eigenvalue weighted by Crippen LogP contribution is 2.45. The molecule has 2 aliphatic heterocycles. The summed E-state index contributed by atoms with van der Waals surface area (Å²) < 4.78 is 0. The van der Waals surface area contributed by atoms with Gasteiger partial charge in [0.25, 0.3) is 0 Å². The molecule has 3 aliphatic rings. The number of benzene rings is 2. The van der Waals surface area contributed by atoms with Crippen LogP contribution in [0.2, 0.25) is 0 Å². The van der Waals surface area contributed by atoms with E-state index < -0.39 is 5.41 Å². The molecule has 136 valence electrons. The van der Waals surface area contributed by atoms with Gasteiger partial charge >= 0.3 is 0 Å². The summed E-state index contributed by atoms with van der Waals surface area (Å²) in [5.74, 6) is 0.213. The number of nitrogens with zero attached hydrogens (tertiary/aromatic N) is 1. The van der Waals surface area contributed by atoms with Crippen molar-refractivity contribution >= 4 is 23.1 Å². The number of rotatable bonds is 1. The molecule has 0 bridgehead atoms. The lowest BCUT2D eigenvalue weighted by Crippen LogP contribution is -2.48. The smallest absolute Gasteiger partial charge is 0.250 e. The Labute approximate surface area is 158 Å². The monoisotopic (exact) mass is 358 g/mol. The minimum absolute atomic E-state index is 0.0828.